The molecule has 2 N–H and O–H groups in total. The molecular weight excluding hydrogens is 330 g/mol. The number of aromatic nitrogens is 4. The van der Waals surface area contributed by atoms with E-state index in [1.807, 2.05) is 24.9 Å². The van der Waals surface area contributed by atoms with E-state index in [9.17, 15) is 9.59 Å². The van der Waals surface area contributed by atoms with Gasteiger partial charge in [-0.1, -0.05) is 0 Å². The van der Waals surface area contributed by atoms with Gasteiger partial charge in [-0.3, -0.25) is 9.89 Å². The number of fused-ring (bicyclic) bond motifs is 2. The Morgan fingerprint density at radius 2 is 2.19 bits per heavy atom. The van der Waals surface area contributed by atoms with Crippen LogP contribution in [-0.2, 0) is 23.1 Å². The molecule has 26 heavy (non-hydrogen) atoms. The van der Waals surface area contributed by atoms with Gasteiger partial charge >= 0.3 is 5.69 Å². The van der Waals surface area contributed by atoms with Gasteiger partial charge in [0, 0.05) is 42.0 Å². The second-order valence-electron chi connectivity index (χ2n) is 7.70. The largest absolute Gasteiger partial charge is 0.345 e. The summed E-state index contributed by atoms with van der Waals surface area (Å²) >= 11 is 0. The predicted molar refractivity (Wildman–Crippen MR) is 97.1 cm³/mol. The smallest absolute Gasteiger partial charge is 0.342 e. The third-order valence-electron chi connectivity index (χ3n) is 6.09. The van der Waals surface area contributed by atoms with E-state index in [2.05, 4.69) is 20.2 Å². The average molecular weight is 355 g/mol. The summed E-state index contributed by atoms with van der Waals surface area (Å²) in [7, 11) is 0. The minimum atomic E-state index is -0.329. The zero-order valence-corrected chi connectivity index (χ0v) is 15.4. The van der Waals surface area contributed by atoms with Crippen LogP contribution in [0.3, 0.4) is 0 Å². The van der Waals surface area contributed by atoms with Crippen molar-refractivity contribution in [3.8, 4) is 0 Å². The Morgan fingerprint density at radius 1 is 1.35 bits per heavy atom. The molecule has 1 aliphatic heterocycles. The second kappa shape index (κ2) is 6.37. The van der Waals surface area contributed by atoms with Gasteiger partial charge in [-0.25, -0.2) is 4.79 Å². The molecule has 3 heterocycles. The van der Waals surface area contributed by atoms with E-state index in [0.717, 1.165) is 50.0 Å². The summed E-state index contributed by atoms with van der Waals surface area (Å²) in [6.07, 6.45) is 7.29. The summed E-state index contributed by atoms with van der Waals surface area (Å²) in [6, 6.07) is 0. The quantitative estimate of drug-likeness (QED) is 0.873. The molecule has 7 heteroatoms. The molecule has 0 aromatic carbocycles. The van der Waals surface area contributed by atoms with E-state index in [-0.39, 0.29) is 17.0 Å². The van der Waals surface area contributed by atoms with Crippen LogP contribution in [0, 0.1) is 13.8 Å². The number of carbonyl (C=O) groups excluding carboxylic acids is 1. The average Bonchev–Trinajstić information content (AvgIpc) is 3.19. The molecular formula is C19H25N5O2. The molecule has 1 aliphatic carbocycles. The Hall–Kier alpha value is -2.44. The van der Waals surface area contributed by atoms with Crippen molar-refractivity contribution in [3.63, 3.8) is 0 Å². The minimum Gasteiger partial charge on any atom is -0.342 e. The highest BCUT2D eigenvalue weighted by Crippen LogP contribution is 2.43. The van der Waals surface area contributed by atoms with E-state index in [1.54, 1.807) is 0 Å². The number of hydrogen-bond donors (Lipinski definition) is 2. The van der Waals surface area contributed by atoms with E-state index >= 15 is 0 Å². The molecule has 2 aromatic rings. The number of carbonyl (C=O) groups is 1. The predicted octanol–water partition coefficient (Wildman–Crippen LogP) is 1.55. The van der Waals surface area contributed by atoms with Gasteiger partial charge in [0.15, 0.2) is 0 Å². The van der Waals surface area contributed by atoms with Gasteiger partial charge < -0.3 is 9.88 Å². The Balaban J connectivity index is 1.45. The van der Waals surface area contributed by atoms with Crippen LogP contribution in [0.2, 0.25) is 0 Å². The van der Waals surface area contributed by atoms with E-state index in [0.29, 0.717) is 18.5 Å². The summed E-state index contributed by atoms with van der Waals surface area (Å²) in [5, 5.41) is 7.39. The Labute approximate surface area is 152 Å². The van der Waals surface area contributed by atoms with Gasteiger partial charge in [0.05, 0.1) is 6.20 Å². The fraction of sp³-hybridized carbons (Fsp3) is 0.579. The van der Waals surface area contributed by atoms with Crippen LogP contribution >= 0.6 is 0 Å². The van der Waals surface area contributed by atoms with Crippen LogP contribution in [0.4, 0.5) is 0 Å². The SMILES string of the molecule is Cc1nc(=O)[nH]c(C)c1CCC(=O)N1CCCC2(CCc3cn[nH]c32)C1. The maximum absolute atomic E-state index is 12.9. The molecule has 0 radical (unpaired) electrons. The number of nitrogens with zero attached hydrogens (tertiary/aromatic N) is 3. The molecule has 1 saturated heterocycles. The lowest BCUT2D eigenvalue weighted by Gasteiger charge is -2.40. The van der Waals surface area contributed by atoms with Crippen molar-refractivity contribution >= 4 is 5.91 Å². The number of likely N-dealkylation sites (tertiary alicyclic amines) is 1. The fourth-order valence-corrected chi connectivity index (χ4v) is 4.72. The molecule has 2 aromatic heterocycles. The summed E-state index contributed by atoms with van der Waals surface area (Å²) in [4.78, 5) is 33.0. The molecule has 1 spiro atoms. The lowest BCUT2D eigenvalue weighted by Crippen LogP contribution is -2.48. The molecule has 1 amide bonds. The number of rotatable bonds is 3. The molecule has 0 saturated carbocycles. The summed E-state index contributed by atoms with van der Waals surface area (Å²) in [5.74, 6) is 0.182. The van der Waals surface area contributed by atoms with Crippen molar-refractivity contribution in [1.82, 2.24) is 25.1 Å². The summed E-state index contributed by atoms with van der Waals surface area (Å²) < 4.78 is 0. The third-order valence-corrected chi connectivity index (χ3v) is 6.09. The highest BCUT2D eigenvalue weighted by Gasteiger charge is 2.44. The molecule has 138 valence electrons. The molecule has 1 fully saturated rings. The van der Waals surface area contributed by atoms with Crippen molar-refractivity contribution < 1.29 is 4.79 Å². The second-order valence-corrected chi connectivity index (χ2v) is 7.70. The van der Waals surface area contributed by atoms with Crippen molar-refractivity contribution in [2.75, 3.05) is 13.1 Å². The number of hydrogen-bond acceptors (Lipinski definition) is 4. The minimum absolute atomic E-state index is 0.0606. The maximum atomic E-state index is 12.9. The van der Waals surface area contributed by atoms with Gasteiger partial charge in [0.25, 0.3) is 0 Å². The molecule has 7 nitrogen and oxygen atoms in total. The zero-order chi connectivity index (χ0) is 18.3. The van der Waals surface area contributed by atoms with E-state index < -0.39 is 0 Å². The lowest BCUT2D eigenvalue weighted by molar-refractivity contribution is -0.133. The Kier molecular flexibility index (Phi) is 4.17. The number of amides is 1. The van der Waals surface area contributed by atoms with Crippen LogP contribution in [0.15, 0.2) is 11.0 Å². The van der Waals surface area contributed by atoms with Crippen LogP contribution in [-0.4, -0.2) is 44.1 Å². The van der Waals surface area contributed by atoms with Crippen LogP contribution < -0.4 is 5.69 Å². The zero-order valence-electron chi connectivity index (χ0n) is 15.4. The van der Waals surface area contributed by atoms with Crippen LogP contribution in [0.5, 0.6) is 0 Å². The molecule has 1 unspecified atom stereocenters. The van der Waals surface area contributed by atoms with Crippen molar-refractivity contribution in [1.29, 1.82) is 0 Å². The normalized spacial score (nSPS) is 22.0. The summed E-state index contributed by atoms with van der Waals surface area (Å²) in [5.41, 5.74) is 4.78. The molecule has 4 rings (SSSR count). The Morgan fingerprint density at radius 3 is 3.00 bits per heavy atom. The summed E-state index contributed by atoms with van der Waals surface area (Å²) in [6.45, 7) is 5.30. The van der Waals surface area contributed by atoms with E-state index in [1.165, 1.54) is 11.3 Å². The highest BCUT2D eigenvalue weighted by atomic mass is 16.2. The number of piperidine rings is 1. The number of aryl methyl sites for hydroxylation is 3. The van der Waals surface area contributed by atoms with Crippen molar-refractivity contribution in [2.24, 2.45) is 0 Å². The first-order valence-electron chi connectivity index (χ1n) is 9.35. The third kappa shape index (κ3) is 2.85. The number of aromatic amines is 2. The standard InChI is InChI=1S/C19H25N5O2/c1-12-15(13(2)22-18(26)21-12)4-5-16(25)24-9-3-7-19(11-24)8-6-14-10-20-23-17(14)19/h10H,3-9,11H2,1-2H3,(H,20,23)(H,21,22,26). The van der Waals surface area contributed by atoms with Gasteiger partial charge in [-0.15, -0.1) is 0 Å². The highest BCUT2D eigenvalue weighted by molar-refractivity contribution is 5.77. The van der Waals surface area contributed by atoms with Crippen LogP contribution in [0.1, 0.15) is 53.9 Å². The molecule has 2 aliphatic rings. The lowest BCUT2D eigenvalue weighted by atomic mass is 9.77. The van der Waals surface area contributed by atoms with Gasteiger partial charge in [-0.05, 0) is 57.1 Å². The van der Waals surface area contributed by atoms with Gasteiger partial charge in [0.1, 0.15) is 0 Å². The van der Waals surface area contributed by atoms with Gasteiger partial charge in [0.2, 0.25) is 5.91 Å². The van der Waals surface area contributed by atoms with Crippen molar-refractivity contribution in [3.05, 3.63) is 44.9 Å². The number of nitrogens with one attached hydrogen (secondary N) is 2. The first-order valence-corrected chi connectivity index (χ1v) is 9.35. The maximum Gasteiger partial charge on any atom is 0.345 e. The molecule has 1 atom stereocenters. The van der Waals surface area contributed by atoms with Gasteiger partial charge in [-0.2, -0.15) is 10.1 Å². The number of H-pyrrole nitrogens is 2. The first-order chi connectivity index (χ1) is 12.5. The first kappa shape index (κ1) is 17.0. The Bertz CT molecular complexity index is 873. The molecule has 0 bridgehead atoms. The monoisotopic (exact) mass is 355 g/mol. The van der Waals surface area contributed by atoms with E-state index in [4.69, 9.17) is 0 Å². The van der Waals surface area contributed by atoms with Crippen molar-refractivity contribution in [2.45, 2.75) is 57.8 Å². The fourth-order valence-electron chi connectivity index (χ4n) is 4.72. The topological polar surface area (TPSA) is 94.7 Å². The van der Waals surface area contributed by atoms with Crippen LogP contribution in [0.25, 0.3) is 0 Å².